The first-order valence-corrected chi connectivity index (χ1v) is 9.68. The molecule has 1 aliphatic heterocycles. The molecule has 2 N–H and O–H groups in total. The van der Waals surface area contributed by atoms with E-state index in [4.69, 9.17) is 9.47 Å². The molecular formula is C22H27FN2O3. The van der Waals surface area contributed by atoms with Gasteiger partial charge in [-0.2, -0.15) is 0 Å². The molecule has 0 radical (unpaired) electrons. The number of nitrogens with one attached hydrogen (secondary N) is 2. The summed E-state index contributed by atoms with van der Waals surface area (Å²) in [6, 6.07) is 9.64. The van der Waals surface area contributed by atoms with Crippen molar-refractivity contribution in [3.8, 4) is 17.2 Å². The average molecular weight is 386 g/mol. The quantitative estimate of drug-likeness (QED) is 0.727. The highest BCUT2D eigenvalue weighted by molar-refractivity contribution is 5.92. The Balaban J connectivity index is 1.69. The number of carbonyl (C=O) groups excluding carboxylic acids is 1. The number of carbonyl (C=O) groups is 1. The SMILES string of the molecule is COc1cc(C)ccc1Oc1ccc(F)cc1NC(=O)CCC1CCNCC1. The van der Waals surface area contributed by atoms with Gasteiger partial charge in [0.15, 0.2) is 17.2 Å². The maximum atomic E-state index is 13.8. The third-order valence-corrected chi connectivity index (χ3v) is 4.99. The molecule has 150 valence electrons. The Hall–Kier alpha value is -2.60. The summed E-state index contributed by atoms with van der Waals surface area (Å²) in [5.41, 5.74) is 1.35. The lowest BCUT2D eigenvalue weighted by Gasteiger charge is -2.22. The average Bonchev–Trinajstić information content (AvgIpc) is 2.70. The number of aryl methyl sites for hydroxylation is 1. The van der Waals surface area contributed by atoms with E-state index < -0.39 is 5.82 Å². The van der Waals surface area contributed by atoms with E-state index in [0.717, 1.165) is 37.9 Å². The molecule has 1 fully saturated rings. The Bertz CT molecular complexity index is 819. The second kappa shape index (κ2) is 9.55. The number of hydrogen-bond acceptors (Lipinski definition) is 4. The van der Waals surface area contributed by atoms with Crippen molar-refractivity contribution < 1.29 is 18.7 Å². The molecule has 1 aliphatic rings. The number of piperidine rings is 1. The van der Waals surface area contributed by atoms with Gasteiger partial charge in [0.1, 0.15) is 5.82 Å². The van der Waals surface area contributed by atoms with Crippen molar-refractivity contribution in [1.82, 2.24) is 5.32 Å². The third kappa shape index (κ3) is 5.45. The Morgan fingerprint density at radius 2 is 1.89 bits per heavy atom. The standard InChI is InChI=1S/C22H27FN2O3/c1-15-3-6-20(21(13-15)27-2)28-19-7-5-17(23)14-18(19)25-22(26)8-4-16-9-11-24-12-10-16/h3,5-7,13-14,16,24H,4,8-12H2,1-2H3,(H,25,26). The Morgan fingerprint density at radius 3 is 2.64 bits per heavy atom. The molecule has 1 saturated heterocycles. The van der Waals surface area contributed by atoms with Crippen molar-refractivity contribution in [2.24, 2.45) is 5.92 Å². The van der Waals surface area contributed by atoms with Gasteiger partial charge in [-0.25, -0.2) is 4.39 Å². The van der Waals surface area contributed by atoms with Crippen LogP contribution in [0.25, 0.3) is 0 Å². The highest BCUT2D eigenvalue weighted by Gasteiger charge is 2.16. The number of rotatable bonds is 7. The fourth-order valence-electron chi connectivity index (χ4n) is 3.38. The summed E-state index contributed by atoms with van der Waals surface area (Å²) in [6.07, 6.45) is 3.43. The lowest BCUT2D eigenvalue weighted by atomic mass is 9.93. The van der Waals surface area contributed by atoms with E-state index in [1.165, 1.54) is 18.2 Å². The third-order valence-electron chi connectivity index (χ3n) is 4.99. The van der Waals surface area contributed by atoms with Crippen LogP contribution in [-0.4, -0.2) is 26.1 Å². The van der Waals surface area contributed by atoms with E-state index in [0.29, 0.717) is 35.3 Å². The molecule has 0 unspecified atom stereocenters. The monoisotopic (exact) mass is 386 g/mol. The van der Waals surface area contributed by atoms with Crippen LogP contribution in [-0.2, 0) is 4.79 Å². The van der Waals surface area contributed by atoms with E-state index in [1.54, 1.807) is 13.2 Å². The maximum absolute atomic E-state index is 13.8. The summed E-state index contributed by atoms with van der Waals surface area (Å²) in [5.74, 6) is 1.45. The molecule has 3 rings (SSSR count). The minimum Gasteiger partial charge on any atom is -0.493 e. The van der Waals surface area contributed by atoms with Crippen LogP contribution in [0, 0.1) is 18.7 Å². The Morgan fingerprint density at radius 1 is 1.14 bits per heavy atom. The van der Waals surface area contributed by atoms with Gasteiger partial charge in [-0.15, -0.1) is 0 Å². The number of amides is 1. The van der Waals surface area contributed by atoms with Crippen LogP contribution >= 0.6 is 0 Å². The van der Waals surface area contributed by atoms with Gasteiger partial charge in [0.05, 0.1) is 12.8 Å². The summed E-state index contributed by atoms with van der Waals surface area (Å²) in [4.78, 5) is 12.4. The molecular weight excluding hydrogens is 359 g/mol. The second-order valence-corrected chi connectivity index (χ2v) is 7.18. The molecule has 0 atom stereocenters. The summed E-state index contributed by atoms with van der Waals surface area (Å²) in [7, 11) is 1.57. The zero-order chi connectivity index (χ0) is 19.9. The van der Waals surface area contributed by atoms with E-state index in [-0.39, 0.29) is 5.91 Å². The van der Waals surface area contributed by atoms with Gasteiger partial charge >= 0.3 is 0 Å². The highest BCUT2D eigenvalue weighted by atomic mass is 19.1. The Labute approximate surface area is 165 Å². The second-order valence-electron chi connectivity index (χ2n) is 7.18. The molecule has 0 bridgehead atoms. The van der Waals surface area contributed by atoms with Crippen LogP contribution in [0.3, 0.4) is 0 Å². The minimum absolute atomic E-state index is 0.134. The summed E-state index contributed by atoms with van der Waals surface area (Å²) < 4.78 is 25.1. The zero-order valence-corrected chi connectivity index (χ0v) is 16.4. The Kier molecular flexibility index (Phi) is 6.87. The van der Waals surface area contributed by atoms with E-state index in [1.807, 2.05) is 19.1 Å². The van der Waals surface area contributed by atoms with Crippen molar-refractivity contribution in [1.29, 1.82) is 0 Å². The van der Waals surface area contributed by atoms with Gasteiger partial charge in [0.25, 0.3) is 0 Å². The molecule has 1 heterocycles. The van der Waals surface area contributed by atoms with Crippen molar-refractivity contribution >= 4 is 11.6 Å². The number of benzene rings is 2. The molecule has 0 spiro atoms. The first kappa shape index (κ1) is 20.1. The molecule has 28 heavy (non-hydrogen) atoms. The predicted octanol–water partition coefficient (Wildman–Crippen LogP) is 4.65. The zero-order valence-electron chi connectivity index (χ0n) is 16.4. The molecule has 0 saturated carbocycles. The molecule has 0 aliphatic carbocycles. The fraction of sp³-hybridized carbons (Fsp3) is 0.409. The van der Waals surface area contributed by atoms with Crippen molar-refractivity contribution in [2.45, 2.75) is 32.6 Å². The van der Waals surface area contributed by atoms with Crippen LogP contribution in [0.4, 0.5) is 10.1 Å². The summed E-state index contributed by atoms with van der Waals surface area (Å²) in [6.45, 7) is 3.97. The molecule has 1 amide bonds. The maximum Gasteiger partial charge on any atom is 0.224 e. The van der Waals surface area contributed by atoms with Crippen molar-refractivity contribution in [3.05, 3.63) is 47.8 Å². The molecule has 0 aromatic heterocycles. The number of halogens is 1. The number of hydrogen-bond donors (Lipinski definition) is 2. The predicted molar refractivity (Wildman–Crippen MR) is 108 cm³/mol. The van der Waals surface area contributed by atoms with Gasteiger partial charge in [-0.05, 0) is 75.0 Å². The van der Waals surface area contributed by atoms with Crippen LogP contribution in [0.15, 0.2) is 36.4 Å². The van der Waals surface area contributed by atoms with Gasteiger partial charge in [-0.1, -0.05) is 6.07 Å². The van der Waals surface area contributed by atoms with Crippen LogP contribution in [0.1, 0.15) is 31.2 Å². The topological polar surface area (TPSA) is 59.6 Å². The van der Waals surface area contributed by atoms with E-state index in [9.17, 15) is 9.18 Å². The highest BCUT2D eigenvalue weighted by Crippen LogP contribution is 2.36. The van der Waals surface area contributed by atoms with Gasteiger partial charge < -0.3 is 20.1 Å². The van der Waals surface area contributed by atoms with E-state index in [2.05, 4.69) is 10.6 Å². The molecule has 2 aromatic carbocycles. The summed E-state index contributed by atoms with van der Waals surface area (Å²) >= 11 is 0. The minimum atomic E-state index is -0.433. The largest absolute Gasteiger partial charge is 0.493 e. The van der Waals surface area contributed by atoms with Crippen molar-refractivity contribution in [3.63, 3.8) is 0 Å². The lowest BCUT2D eigenvalue weighted by Crippen LogP contribution is -2.28. The number of anilines is 1. The number of methoxy groups -OCH3 is 1. The van der Waals surface area contributed by atoms with E-state index >= 15 is 0 Å². The molecule has 6 heteroatoms. The van der Waals surface area contributed by atoms with Gasteiger partial charge in [0.2, 0.25) is 5.91 Å². The first-order valence-electron chi connectivity index (χ1n) is 9.68. The van der Waals surface area contributed by atoms with Gasteiger partial charge in [0, 0.05) is 12.5 Å². The summed E-state index contributed by atoms with van der Waals surface area (Å²) in [5, 5.41) is 6.12. The number of ether oxygens (including phenoxy) is 2. The van der Waals surface area contributed by atoms with Crippen molar-refractivity contribution in [2.75, 3.05) is 25.5 Å². The molecule has 5 nitrogen and oxygen atoms in total. The van der Waals surface area contributed by atoms with Gasteiger partial charge in [-0.3, -0.25) is 4.79 Å². The first-order chi connectivity index (χ1) is 13.5. The normalized spacial score (nSPS) is 14.5. The molecule has 2 aromatic rings. The fourth-order valence-corrected chi connectivity index (χ4v) is 3.38. The lowest BCUT2D eigenvalue weighted by molar-refractivity contribution is -0.116. The van der Waals surface area contributed by atoms with Crippen LogP contribution in [0.5, 0.6) is 17.2 Å². The van der Waals surface area contributed by atoms with Crippen LogP contribution in [0.2, 0.25) is 0 Å². The smallest absolute Gasteiger partial charge is 0.224 e. The van der Waals surface area contributed by atoms with Crippen LogP contribution < -0.4 is 20.1 Å².